The van der Waals surface area contributed by atoms with Crippen molar-refractivity contribution in [1.29, 1.82) is 0 Å². The predicted octanol–water partition coefficient (Wildman–Crippen LogP) is 3.13. The minimum absolute atomic E-state index is 0.806. The lowest BCUT2D eigenvalue weighted by molar-refractivity contribution is 0.482. The highest BCUT2D eigenvalue weighted by molar-refractivity contribution is 8.22. The summed E-state index contributed by atoms with van der Waals surface area (Å²) in [6, 6.07) is 7.95. The van der Waals surface area contributed by atoms with Crippen molar-refractivity contribution in [2.75, 3.05) is 18.8 Å². The number of hydrogen-bond acceptors (Lipinski definition) is 3. The molecule has 0 aliphatic rings. The van der Waals surface area contributed by atoms with Gasteiger partial charge in [0.25, 0.3) is 0 Å². The van der Waals surface area contributed by atoms with Crippen LogP contribution in [0.3, 0.4) is 0 Å². The van der Waals surface area contributed by atoms with E-state index in [1.165, 1.54) is 5.56 Å². The Balaban J connectivity index is 2.45. The highest BCUT2D eigenvalue weighted by atomic mass is 32.2. The molecule has 2 nitrogen and oxygen atoms in total. The van der Waals surface area contributed by atoms with Gasteiger partial charge in [-0.1, -0.05) is 36.1 Å². The van der Waals surface area contributed by atoms with E-state index in [1.54, 1.807) is 11.8 Å². The Labute approximate surface area is 107 Å². The van der Waals surface area contributed by atoms with Gasteiger partial charge in [0.05, 0.1) is 0 Å². The molecule has 0 aliphatic carbocycles. The van der Waals surface area contributed by atoms with Crippen molar-refractivity contribution < 1.29 is 0 Å². The van der Waals surface area contributed by atoms with Crippen LogP contribution in [0.5, 0.6) is 0 Å². The Hall–Kier alpha value is -0.740. The van der Waals surface area contributed by atoms with Gasteiger partial charge in [0, 0.05) is 24.5 Å². The Kier molecular flexibility index (Phi) is 5.63. The lowest BCUT2D eigenvalue weighted by atomic mass is 10.2. The molecule has 0 unspecified atom stereocenters. The largest absolute Gasteiger partial charge is 0.399 e. The first-order valence-corrected chi connectivity index (χ1v) is 6.82. The summed E-state index contributed by atoms with van der Waals surface area (Å²) in [5, 5.41) is 0. The smallest absolute Gasteiger partial charge is 0.136 e. The second-order valence-corrected chi connectivity index (χ2v) is 5.08. The minimum Gasteiger partial charge on any atom is -0.399 e. The number of thiocarbonyl (C=S) groups is 1. The molecule has 0 heterocycles. The molecule has 1 aromatic rings. The molecule has 0 aromatic heterocycles. The first-order valence-electron chi connectivity index (χ1n) is 5.43. The lowest BCUT2D eigenvalue weighted by Crippen LogP contribution is -2.26. The second kappa shape index (κ2) is 6.76. The number of nitrogen functional groups attached to an aromatic ring is 1. The van der Waals surface area contributed by atoms with E-state index in [2.05, 4.69) is 18.7 Å². The van der Waals surface area contributed by atoms with Gasteiger partial charge in [0.1, 0.15) is 4.32 Å². The first-order chi connectivity index (χ1) is 7.67. The van der Waals surface area contributed by atoms with E-state index < -0.39 is 0 Å². The van der Waals surface area contributed by atoms with Gasteiger partial charge >= 0.3 is 0 Å². The maximum absolute atomic E-state index is 5.63. The quantitative estimate of drug-likeness (QED) is 0.660. The molecule has 16 heavy (non-hydrogen) atoms. The van der Waals surface area contributed by atoms with Crippen LogP contribution in [-0.4, -0.2) is 22.3 Å². The molecule has 1 rings (SSSR count). The van der Waals surface area contributed by atoms with Crippen molar-refractivity contribution in [3.63, 3.8) is 0 Å². The highest BCUT2D eigenvalue weighted by Crippen LogP contribution is 2.17. The number of nitrogens with two attached hydrogens (primary N) is 1. The standard InChI is InChI=1S/C12H18N2S2/c1-3-14(4-2)12(15)16-9-10-5-7-11(13)8-6-10/h5-8H,3-4,9,13H2,1-2H3. The molecule has 1 aromatic carbocycles. The van der Waals surface area contributed by atoms with E-state index in [0.29, 0.717) is 0 Å². The summed E-state index contributed by atoms with van der Waals surface area (Å²) in [7, 11) is 0. The van der Waals surface area contributed by atoms with Crippen LogP contribution in [-0.2, 0) is 5.75 Å². The van der Waals surface area contributed by atoms with E-state index in [0.717, 1.165) is 28.9 Å². The van der Waals surface area contributed by atoms with Crippen molar-refractivity contribution in [2.45, 2.75) is 19.6 Å². The van der Waals surface area contributed by atoms with Crippen molar-refractivity contribution >= 4 is 34.0 Å². The maximum Gasteiger partial charge on any atom is 0.136 e. The molecule has 0 saturated heterocycles. The number of thioether (sulfide) groups is 1. The van der Waals surface area contributed by atoms with Crippen LogP contribution in [0.4, 0.5) is 5.69 Å². The highest BCUT2D eigenvalue weighted by Gasteiger charge is 2.05. The van der Waals surface area contributed by atoms with Gasteiger partial charge in [-0.3, -0.25) is 0 Å². The molecule has 0 radical (unpaired) electrons. The Morgan fingerprint density at radius 3 is 2.31 bits per heavy atom. The Morgan fingerprint density at radius 1 is 1.25 bits per heavy atom. The van der Waals surface area contributed by atoms with E-state index in [4.69, 9.17) is 18.0 Å². The van der Waals surface area contributed by atoms with Crippen LogP contribution in [0, 0.1) is 0 Å². The fourth-order valence-corrected chi connectivity index (χ4v) is 2.69. The van der Waals surface area contributed by atoms with Crippen molar-refractivity contribution in [2.24, 2.45) is 0 Å². The second-order valence-electron chi connectivity index (χ2n) is 3.47. The molecule has 0 fully saturated rings. The van der Waals surface area contributed by atoms with Gasteiger partial charge in [-0.05, 0) is 31.5 Å². The Bertz CT molecular complexity index is 331. The van der Waals surface area contributed by atoms with E-state index in [1.807, 2.05) is 24.3 Å². The van der Waals surface area contributed by atoms with Crippen molar-refractivity contribution in [3.05, 3.63) is 29.8 Å². The topological polar surface area (TPSA) is 29.3 Å². The zero-order valence-electron chi connectivity index (χ0n) is 9.77. The zero-order valence-corrected chi connectivity index (χ0v) is 11.4. The monoisotopic (exact) mass is 254 g/mol. The number of benzene rings is 1. The third-order valence-corrected chi connectivity index (χ3v) is 3.96. The fourth-order valence-electron chi connectivity index (χ4n) is 1.33. The molecule has 0 saturated carbocycles. The van der Waals surface area contributed by atoms with Gasteiger partial charge in [0.2, 0.25) is 0 Å². The summed E-state index contributed by atoms with van der Waals surface area (Å²) in [5.74, 6) is 0.912. The number of rotatable bonds is 4. The van der Waals surface area contributed by atoms with Crippen molar-refractivity contribution in [3.8, 4) is 0 Å². The first kappa shape index (κ1) is 13.3. The van der Waals surface area contributed by atoms with E-state index in [9.17, 15) is 0 Å². The summed E-state index contributed by atoms with van der Waals surface area (Å²) >= 11 is 7.07. The summed E-state index contributed by atoms with van der Waals surface area (Å²) in [6.45, 7) is 6.20. The maximum atomic E-state index is 5.63. The summed E-state index contributed by atoms with van der Waals surface area (Å²) < 4.78 is 0.974. The Morgan fingerprint density at radius 2 is 1.81 bits per heavy atom. The molecule has 4 heteroatoms. The van der Waals surface area contributed by atoms with Gasteiger partial charge < -0.3 is 10.6 Å². The van der Waals surface area contributed by atoms with E-state index >= 15 is 0 Å². The summed E-state index contributed by atoms with van der Waals surface area (Å²) in [5.41, 5.74) is 7.70. The SMILES string of the molecule is CCN(CC)C(=S)SCc1ccc(N)cc1. The fraction of sp³-hybridized carbons (Fsp3) is 0.417. The molecular formula is C12H18N2S2. The average Bonchev–Trinajstić information content (AvgIpc) is 2.30. The number of nitrogens with zero attached hydrogens (tertiary/aromatic N) is 1. The third-order valence-electron chi connectivity index (χ3n) is 2.36. The molecule has 0 atom stereocenters. The van der Waals surface area contributed by atoms with Crippen LogP contribution in [0.1, 0.15) is 19.4 Å². The van der Waals surface area contributed by atoms with Crippen LogP contribution in [0.25, 0.3) is 0 Å². The molecular weight excluding hydrogens is 236 g/mol. The predicted molar refractivity (Wildman–Crippen MR) is 77.7 cm³/mol. The van der Waals surface area contributed by atoms with Gasteiger partial charge in [-0.25, -0.2) is 0 Å². The average molecular weight is 254 g/mol. The summed E-state index contributed by atoms with van der Waals surface area (Å²) in [6.07, 6.45) is 0. The normalized spacial score (nSPS) is 10.1. The summed E-state index contributed by atoms with van der Waals surface area (Å²) in [4.78, 5) is 2.19. The minimum atomic E-state index is 0.806. The number of hydrogen-bond donors (Lipinski definition) is 1. The van der Waals surface area contributed by atoms with Crippen molar-refractivity contribution in [1.82, 2.24) is 4.90 Å². The van der Waals surface area contributed by atoms with Crippen LogP contribution < -0.4 is 5.73 Å². The van der Waals surface area contributed by atoms with Crippen LogP contribution in [0.15, 0.2) is 24.3 Å². The van der Waals surface area contributed by atoms with E-state index in [-0.39, 0.29) is 0 Å². The lowest BCUT2D eigenvalue weighted by Gasteiger charge is -2.20. The van der Waals surface area contributed by atoms with Crippen LogP contribution in [0.2, 0.25) is 0 Å². The van der Waals surface area contributed by atoms with Gasteiger partial charge in [-0.15, -0.1) is 0 Å². The van der Waals surface area contributed by atoms with Crippen LogP contribution >= 0.6 is 24.0 Å². The zero-order chi connectivity index (χ0) is 12.0. The molecule has 2 N–H and O–H groups in total. The molecule has 0 amide bonds. The molecule has 0 bridgehead atoms. The van der Waals surface area contributed by atoms with Gasteiger partial charge in [0.15, 0.2) is 0 Å². The molecule has 0 spiro atoms. The molecule has 0 aliphatic heterocycles. The van der Waals surface area contributed by atoms with Gasteiger partial charge in [-0.2, -0.15) is 0 Å². The molecule has 88 valence electrons. The third kappa shape index (κ3) is 4.02. The number of anilines is 1.